The van der Waals surface area contributed by atoms with Gasteiger partial charge >= 0.3 is 5.97 Å². The molecule has 0 aromatic carbocycles. The molecule has 2 N–H and O–H groups in total. The first kappa shape index (κ1) is 13.3. The second kappa shape index (κ2) is 5.23. The Hall–Kier alpha value is -2.15. The average molecular weight is 279 g/mol. The minimum Gasteiger partial charge on any atom is -0.480 e. The number of rotatable bonds is 4. The summed E-state index contributed by atoms with van der Waals surface area (Å²) in [6.45, 7) is 3.59. The van der Waals surface area contributed by atoms with Gasteiger partial charge in [-0.1, -0.05) is 0 Å². The van der Waals surface area contributed by atoms with E-state index in [-0.39, 0.29) is 12.5 Å². The Morgan fingerprint density at radius 1 is 1.47 bits per heavy atom. The summed E-state index contributed by atoms with van der Waals surface area (Å²) in [7, 11) is 0. The molecule has 0 fully saturated rings. The number of amides is 1. The third-order valence-electron chi connectivity index (χ3n) is 2.43. The number of anilines is 1. The molecule has 2 heterocycles. The number of hydrogen-bond acceptors (Lipinski definition) is 4. The number of aryl methyl sites for hydroxylation is 2. The standard InChI is InChI=1S/C12H13N3O3S/c1-7-5-8(2)19-11(7)12(18)13-9-3-4-15(14-9)6-10(16)17/h3-5H,6H2,1-2H3,(H,16,17)(H,13,14,18). The average Bonchev–Trinajstić information content (AvgIpc) is 2.84. The molecule has 0 saturated carbocycles. The predicted octanol–water partition coefficient (Wildman–Crippen LogP) is 1.90. The maximum atomic E-state index is 12.0. The van der Waals surface area contributed by atoms with Crippen molar-refractivity contribution in [2.45, 2.75) is 20.4 Å². The van der Waals surface area contributed by atoms with Crippen LogP contribution in [0, 0.1) is 13.8 Å². The van der Waals surface area contributed by atoms with Crippen molar-refractivity contribution in [3.8, 4) is 0 Å². The van der Waals surface area contributed by atoms with Crippen molar-refractivity contribution in [2.75, 3.05) is 5.32 Å². The lowest BCUT2D eigenvalue weighted by molar-refractivity contribution is -0.137. The topological polar surface area (TPSA) is 84.2 Å². The van der Waals surface area contributed by atoms with Crippen LogP contribution in [0.15, 0.2) is 18.3 Å². The van der Waals surface area contributed by atoms with Crippen molar-refractivity contribution in [2.24, 2.45) is 0 Å². The summed E-state index contributed by atoms with van der Waals surface area (Å²) >= 11 is 1.42. The first-order valence-electron chi connectivity index (χ1n) is 5.59. The summed E-state index contributed by atoms with van der Waals surface area (Å²) in [5.41, 5.74) is 0.921. The summed E-state index contributed by atoms with van der Waals surface area (Å²) in [6.07, 6.45) is 1.51. The molecule has 0 atom stereocenters. The van der Waals surface area contributed by atoms with Crippen molar-refractivity contribution in [1.29, 1.82) is 0 Å². The van der Waals surface area contributed by atoms with Gasteiger partial charge in [0.2, 0.25) is 0 Å². The van der Waals surface area contributed by atoms with Gasteiger partial charge in [-0.25, -0.2) is 0 Å². The Kier molecular flexibility index (Phi) is 3.66. The molecule has 0 aliphatic heterocycles. The molecule has 0 aliphatic carbocycles. The number of aliphatic carboxylic acids is 1. The zero-order valence-corrected chi connectivity index (χ0v) is 11.3. The number of hydrogen-bond donors (Lipinski definition) is 2. The van der Waals surface area contributed by atoms with Crippen molar-refractivity contribution >= 4 is 29.0 Å². The van der Waals surface area contributed by atoms with Gasteiger partial charge in [-0.2, -0.15) is 5.10 Å². The van der Waals surface area contributed by atoms with E-state index in [1.54, 1.807) is 6.07 Å². The third-order valence-corrected chi connectivity index (χ3v) is 3.58. The van der Waals surface area contributed by atoms with Crippen molar-refractivity contribution in [3.05, 3.63) is 33.6 Å². The van der Waals surface area contributed by atoms with E-state index in [1.165, 1.54) is 22.2 Å². The van der Waals surface area contributed by atoms with Crippen LogP contribution < -0.4 is 5.32 Å². The second-order valence-electron chi connectivity index (χ2n) is 4.12. The Morgan fingerprint density at radius 2 is 2.21 bits per heavy atom. The summed E-state index contributed by atoms with van der Waals surface area (Å²) in [6, 6.07) is 3.51. The fourth-order valence-electron chi connectivity index (χ4n) is 1.69. The third kappa shape index (κ3) is 3.19. The number of carboxylic acid groups (broad SMARTS) is 1. The van der Waals surface area contributed by atoms with Crippen LogP contribution in [0.5, 0.6) is 0 Å². The SMILES string of the molecule is Cc1cc(C)c(C(=O)Nc2ccn(CC(=O)O)n2)s1. The number of carboxylic acids is 1. The Balaban J connectivity index is 2.09. The second-order valence-corrected chi connectivity index (χ2v) is 5.37. The maximum Gasteiger partial charge on any atom is 0.325 e. The monoisotopic (exact) mass is 279 g/mol. The summed E-state index contributed by atoms with van der Waals surface area (Å²) in [5, 5.41) is 15.2. The molecule has 100 valence electrons. The fourth-order valence-corrected chi connectivity index (χ4v) is 2.62. The normalized spacial score (nSPS) is 10.4. The van der Waals surface area contributed by atoms with Gasteiger partial charge in [-0.3, -0.25) is 14.3 Å². The van der Waals surface area contributed by atoms with Crippen LogP contribution in [-0.4, -0.2) is 26.8 Å². The molecule has 0 unspecified atom stereocenters. The van der Waals surface area contributed by atoms with Crippen LogP contribution in [0.1, 0.15) is 20.1 Å². The van der Waals surface area contributed by atoms with Gasteiger partial charge in [0.25, 0.3) is 5.91 Å². The molecule has 6 nitrogen and oxygen atoms in total. The van der Waals surface area contributed by atoms with Crippen LogP contribution in [0.25, 0.3) is 0 Å². The van der Waals surface area contributed by atoms with E-state index in [0.29, 0.717) is 10.7 Å². The van der Waals surface area contributed by atoms with Crippen LogP contribution in [0.4, 0.5) is 5.82 Å². The first-order valence-corrected chi connectivity index (χ1v) is 6.41. The highest BCUT2D eigenvalue weighted by atomic mass is 32.1. The molecule has 2 aromatic rings. The summed E-state index contributed by atoms with van der Waals surface area (Å²) in [4.78, 5) is 24.2. The van der Waals surface area contributed by atoms with Crippen LogP contribution in [-0.2, 0) is 11.3 Å². The lowest BCUT2D eigenvalue weighted by atomic mass is 10.2. The van der Waals surface area contributed by atoms with Crippen molar-refractivity contribution in [1.82, 2.24) is 9.78 Å². The Labute approximate surface area is 113 Å². The molecule has 0 saturated heterocycles. The maximum absolute atomic E-state index is 12.0. The lowest BCUT2D eigenvalue weighted by Crippen LogP contribution is -2.13. The van der Waals surface area contributed by atoms with Crippen LogP contribution in [0.2, 0.25) is 0 Å². The molecule has 1 amide bonds. The quantitative estimate of drug-likeness (QED) is 0.895. The molecular weight excluding hydrogens is 266 g/mol. The molecular formula is C12H13N3O3S. The van der Waals surface area contributed by atoms with E-state index in [1.807, 2.05) is 19.9 Å². The summed E-state index contributed by atoms with van der Waals surface area (Å²) < 4.78 is 1.25. The number of thiophene rings is 1. The molecule has 7 heteroatoms. The number of aromatic nitrogens is 2. The van der Waals surface area contributed by atoms with Gasteiger partial charge in [0.15, 0.2) is 5.82 Å². The molecule has 2 rings (SSSR count). The molecule has 0 radical (unpaired) electrons. The molecule has 0 bridgehead atoms. The highest BCUT2D eigenvalue weighted by molar-refractivity contribution is 7.14. The van der Waals surface area contributed by atoms with Crippen molar-refractivity contribution in [3.63, 3.8) is 0 Å². The van der Waals surface area contributed by atoms with E-state index in [2.05, 4.69) is 10.4 Å². The zero-order chi connectivity index (χ0) is 14.0. The number of nitrogens with one attached hydrogen (secondary N) is 1. The summed E-state index contributed by atoms with van der Waals surface area (Å²) in [5.74, 6) is -0.862. The van der Waals surface area contributed by atoms with E-state index in [9.17, 15) is 9.59 Å². The number of carbonyl (C=O) groups is 2. The largest absolute Gasteiger partial charge is 0.480 e. The van der Waals surface area contributed by atoms with Crippen LogP contribution >= 0.6 is 11.3 Å². The van der Waals surface area contributed by atoms with Crippen LogP contribution in [0.3, 0.4) is 0 Å². The van der Waals surface area contributed by atoms with Gasteiger partial charge in [-0.15, -0.1) is 11.3 Å². The minimum absolute atomic E-state index is 0.226. The molecule has 0 aliphatic rings. The fraction of sp³-hybridized carbons (Fsp3) is 0.250. The van der Waals surface area contributed by atoms with E-state index in [0.717, 1.165) is 10.4 Å². The number of nitrogens with zero attached hydrogens (tertiary/aromatic N) is 2. The zero-order valence-electron chi connectivity index (χ0n) is 10.5. The number of carbonyl (C=O) groups excluding carboxylic acids is 1. The molecule has 19 heavy (non-hydrogen) atoms. The highest BCUT2D eigenvalue weighted by Gasteiger charge is 2.13. The van der Waals surface area contributed by atoms with Gasteiger partial charge in [0.1, 0.15) is 6.54 Å². The van der Waals surface area contributed by atoms with Gasteiger partial charge in [0, 0.05) is 17.1 Å². The van der Waals surface area contributed by atoms with E-state index < -0.39 is 5.97 Å². The Morgan fingerprint density at radius 3 is 2.79 bits per heavy atom. The van der Waals surface area contributed by atoms with Gasteiger partial charge < -0.3 is 10.4 Å². The smallest absolute Gasteiger partial charge is 0.325 e. The lowest BCUT2D eigenvalue weighted by Gasteiger charge is -2.00. The Bertz CT molecular complexity index is 630. The van der Waals surface area contributed by atoms with Gasteiger partial charge in [0.05, 0.1) is 4.88 Å². The minimum atomic E-state index is -0.981. The van der Waals surface area contributed by atoms with Crippen molar-refractivity contribution < 1.29 is 14.7 Å². The molecule has 0 spiro atoms. The first-order chi connectivity index (χ1) is 8.95. The molecule has 2 aromatic heterocycles. The predicted molar refractivity (Wildman–Crippen MR) is 71.6 cm³/mol. The van der Waals surface area contributed by atoms with Gasteiger partial charge in [-0.05, 0) is 25.5 Å². The van der Waals surface area contributed by atoms with E-state index in [4.69, 9.17) is 5.11 Å². The van der Waals surface area contributed by atoms with E-state index >= 15 is 0 Å². The highest BCUT2D eigenvalue weighted by Crippen LogP contribution is 2.21.